The van der Waals surface area contributed by atoms with E-state index in [9.17, 15) is 9.90 Å². The van der Waals surface area contributed by atoms with Crippen LogP contribution in [0.15, 0.2) is 52.0 Å². The Bertz CT molecular complexity index is 702. The van der Waals surface area contributed by atoms with Crippen LogP contribution in [0.1, 0.15) is 11.1 Å². The fraction of sp³-hybridized carbons (Fsp3) is 0.125. The predicted molar refractivity (Wildman–Crippen MR) is 91.2 cm³/mol. The van der Waals surface area contributed by atoms with Gasteiger partial charge in [0.2, 0.25) is 0 Å². The molecular weight excluding hydrogens is 346 g/mol. The van der Waals surface area contributed by atoms with Crippen molar-refractivity contribution in [3.05, 3.63) is 58.1 Å². The van der Waals surface area contributed by atoms with Gasteiger partial charge in [-0.25, -0.2) is 5.43 Å². The van der Waals surface area contributed by atoms with Crippen molar-refractivity contribution in [2.75, 3.05) is 11.9 Å². The summed E-state index contributed by atoms with van der Waals surface area (Å²) in [6, 6.07) is 12.7. The third-order valence-electron chi connectivity index (χ3n) is 2.85. The number of phenolic OH excluding ortho intramolecular Hbond substituents is 1. The molecule has 2 rings (SSSR count). The van der Waals surface area contributed by atoms with Crippen molar-refractivity contribution in [3.8, 4) is 5.75 Å². The smallest absolute Gasteiger partial charge is 0.259 e. The minimum absolute atomic E-state index is 0.139. The Labute approximate surface area is 137 Å². The molecule has 6 heteroatoms. The molecule has 0 aromatic heterocycles. The lowest BCUT2D eigenvalue weighted by Gasteiger charge is -2.05. The number of carbonyl (C=O) groups is 1. The monoisotopic (exact) mass is 361 g/mol. The summed E-state index contributed by atoms with van der Waals surface area (Å²) in [6.45, 7) is 2.13. The third-order valence-corrected chi connectivity index (χ3v) is 3.48. The van der Waals surface area contributed by atoms with Crippen LogP contribution in [0.2, 0.25) is 0 Å². The van der Waals surface area contributed by atoms with Gasteiger partial charge in [-0.05, 0) is 64.3 Å². The van der Waals surface area contributed by atoms with Crippen molar-refractivity contribution in [1.82, 2.24) is 5.43 Å². The maximum absolute atomic E-state index is 11.7. The molecule has 2 aromatic carbocycles. The summed E-state index contributed by atoms with van der Waals surface area (Å²) in [6.07, 6.45) is 1.51. The largest absolute Gasteiger partial charge is 0.507 e. The average molecular weight is 362 g/mol. The highest BCUT2D eigenvalue weighted by atomic mass is 79.9. The molecule has 5 nitrogen and oxygen atoms in total. The van der Waals surface area contributed by atoms with E-state index < -0.39 is 0 Å². The lowest BCUT2D eigenvalue weighted by atomic mass is 10.2. The van der Waals surface area contributed by atoms with Crippen LogP contribution in [-0.4, -0.2) is 23.8 Å². The van der Waals surface area contributed by atoms with E-state index in [1.807, 2.05) is 31.2 Å². The molecule has 0 saturated carbocycles. The zero-order valence-electron chi connectivity index (χ0n) is 12.0. The van der Waals surface area contributed by atoms with Gasteiger partial charge in [0.05, 0.1) is 17.2 Å². The fourth-order valence-electron chi connectivity index (χ4n) is 1.76. The van der Waals surface area contributed by atoms with Gasteiger partial charge in [0.15, 0.2) is 0 Å². The van der Waals surface area contributed by atoms with Crippen LogP contribution in [0.5, 0.6) is 5.75 Å². The maximum atomic E-state index is 11.7. The first-order valence-electron chi connectivity index (χ1n) is 6.65. The Balaban J connectivity index is 1.82. The molecule has 0 aliphatic carbocycles. The second kappa shape index (κ2) is 7.61. The average Bonchev–Trinajstić information content (AvgIpc) is 2.49. The number of hydrazone groups is 1. The van der Waals surface area contributed by atoms with Gasteiger partial charge in [-0.3, -0.25) is 4.79 Å². The molecule has 0 heterocycles. The number of halogens is 1. The number of hydrogen-bond donors (Lipinski definition) is 3. The molecule has 0 aliphatic heterocycles. The van der Waals surface area contributed by atoms with Crippen LogP contribution in [0.4, 0.5) is 5.69 Å². The number of anilines is 1. The Morgan fingerprint density at radius 2 is 2.14 bits per heavy atom. The van der Waals surface area contributed by atoms with E-state index in [4.69, 9.17) is 0 Å². The number of benzene rings is 2. The molecule has 22 heavy (non-hydrogen) atoms. The second-order valence-corrected chi connectivity index (χ2v) is 5.58. The number of aromatic hydroxyl groups is 1. The summed E-state index contributed by atoms with van der Waals surface area (Å²) >= 11 is 3.21. The minimum atomic E-state index is -0.240. The summed E-state index contributed by atoms with van der Waals surface area (Å²) in [5, 5.41) is 16.3. The van der Waals surface area contributed by atoms with Crippen molar-refractivity contribution in [3.63, 3.8) is 0 Å². The van der Waals surface area contributed by atoms with Gasteiger partial charge in [-0.15, -0.1) is 0 Å². The first-order chi connectivity index (χ1) is 10.5. The molecule has 3 N–H and O–H groups in total. The SMILES string of the molecule is Cc1cccc(NCC(=O)N/N=C/c2ccc(O)c(Br)c2)c1. The first kappa shape index (κ1) is 16.0. The number of nitrogens with zero attached hydrogens (tertiary/aromatic N) is 1. The van der Waals surface area contributed by atoms with E-state index in [1.165, 1.54) is 6.21 Å². The lowest BCUT2D eigenvalue weighted by molar-refractivity contribution is -0.119. The van der Waals surface area contributed by atoms with E-state index >= 15 is 0 Å². The molecule has 0 bridgehead atoms. The maximum Gasteiger partial charge on any atom is 0.259 e. The number of aryl methyl sites for hydroxylation is 1. The van der Waals surface area contributed by atoms with Crippen LogP contribution in [0.3, 0.4) is 0 Å². The predicted octanol–water partition coefficient (Wildman–Crippen LogP) is 3.03. The Kier molecular flexibility index (Phi) is 5.55. The van der Waals surface area contributed by atoms with Gasteiger partial charge in [0.25, 0.3) is 5.91 Å². The van der Waals surface area contributed by atoms with Crippen molar-refractivity contribution in [2.24, 2.45) is 5.10 Å². The van der Waals surface area contributed by atoms with Crippen LogP contribution in [0, 0.1) is 6.92 Å². The van der Waals surface area contributed by atoms with E-state index in [0.29, 0.717) is 4.47 Å². The highest BCUT2D eigenvalue weighted by Crippen LogP contribution is 2.23. The molecule has 0 aliphatic rings. The fourth-order valence-corrected chi connectivity index (χ4v) is 2.16. The molecule has 0 saturated heterocycles. The number of carbonyl (C=O) groups excluding carboxylic acids is 1. The summed E-state index contributed by atoms with van der Waals surface area (Å²) < 4.78 is 0.573. The highest BCUT2D eigenvalue weighted by Gasteiger charge is 2.00. The van der Waals surface area contributed by atoms with Gasteiger partial charge < -0.3 is 10.4 Å². The molecule has 0 atom stereocenters. The van der Waals surface area contributed by atoms with E-state index in [-0.39, 0.29) is 18.2 Å². The normalized spacial score (nSPS) is 10.6. The molecule has 0 radical (unpaired) electrons. The zero-order valence-corrected chi connectivity index (χ0v) is 13.6. The Hall–Kier alpha value is -2.34. The number of hydrogen-bond acceptors (Lipinski definition) is 4. The summed E-state index contributed by atoms with van der Waals surface area (Å²) in [5.74, 6) is -0.0841. The van der Waals surface area contributed by atoms with Gasteiger partial charge in [0.1, 0.15) is 5.75 Å². The van der Waals surface area contributed by atoms with Crippen LogP contribution in [-0.2, 0) is 4.79 Å². The van der Waals surface area contributed by atoms with Gasteiger partial charge >= 0.3 is 0 Å². The topological polar surface area (TPSA) is 73.7 Å². The Morgan fingerprint density at radius 1 is 1.32 bits per heavy atom. The number of nitrogens with one attached hydrogen (secondary N) is 2. The molecule has 0 unspecified atom stereocenters. The highest BCUT2D eigenvalue weighted by molar-refractivity contribution is 9.10. The summed E-state index contributed by atoms with van der Waals surface area (Å²) in [4.78, 5) is 11.7. The standard InChI is InChI=1S/C16H16BrN3O2/c1-11-3-2-4-13(7-11)18-10-16(22)20-19-9-12-5-6-15(21)14(17)8-12/h2-9,18,21H,10H2,1H3,(H,20,22)/b19-9+. The first-order valence-corrected chi connectivity index (χ1v) is 7.45. The van der Waals surface area contributed by atoms with Gasteiger partial charge in [-0.2, -0.15) is 5.10 Å². The summed E-state index contributed by atoms with van der Waals surface area (Å²) in [7, 11) is 0. The molecule has 114 valence electrons. The van der Waals surface area contributed by atoms with Crippen LogP contribution >= 0.6 is 15.9 Å². The molecule has 1 amide bonds. The molecule has 0 fully saturated rings. The quantitative estimate of drug-likeness (QED) is 0.566. The number of phenols is 1. The van der Waals surface area contributed by atoms with Crippen molar-refractivity contribution >= 4 is 33.7 Å². The number of amides is 1. The van der Waals surface area contributed by atoms with Gasteiger partial charge in [-0.1, -0.05) is 12.1 Å². The minimum Gasteiger partial charge on any atom is -0.507 e. The Morgan fingerprint density at radius 3 is 2.86 bits per heavy atom. The van der Waals surface area contributed by atoms with E-state index in [0.717, 1.165) is 16.8 Å². The van der Waals surface area contributed by atoms with Crippen molar-refractivity contribution < 1.29 is 9.90 Å². The van der Waals surface area contributed by atoms with Crippen molar-refractivity contribution in [1.29, 1.82) is 0 Å². The third kappa shape index (κ3) is 4.89. The zero-order chi connectivity index (χ0) is 15.9. The van der Waals surface area contributed by atoms with E-state index in [1.54, 1.807) is 18.2 Å². The molecule has 2 aromatic rings. The lowest BCUT2D eigenvalue weighted by Crippen LogP contribution is -2.25. The van der Waals surface area contributed by atoms with Gasteiger partial charge in [0, 0.05) is 5.69 Å². The van der Waals surface area contributed by atoms with Crippen LogP contribution in [0.25, 0.3) is 0 Å². The number of rotatable bonds is 5. The molecule has 0 spiro atoms. The molecular formula is C16H16BrN3O2. The summed E-state index contributed by atoms with van der Waals surface area (Å²) in [5.41, 5.74) is 5.22. The van der Waals surface area contributed by atoms with E-state index in [2.05, 4.69) is 31.8 Å². The van der Waals surface area contributed by atoms with Crippen molar-refractivity contribution in [2.45, 2.75) is 6.92 Å². The van der Waals surface area contributed by atoms with Crippen LogP contribution < -0.4 is 10.7 Å². The second-order valence-electron chi connectivity index (χ2n) is 4.73.